The van der Waals surface area contributed by atoms with Crippen LogP contribution in [0.4, 0.5) is 0 Å². The molecule has 0 aromatic heterocycles. The summed E-state index contributed by atoms with van der Waals surface area (Å²) in [5, 5.41) is 0. The minimum Gasteiger partial charge on any atom is -0.496 e. The van der Waals surface area contributed by atoms with Crippen molar-refractivity contribution in [3.05, 3.63) is 64.7 Å². The Labute approximate surface area is 193 Å². The van der Waals surface area contributed by atoms with Gasteiger partial charge in [0, 0.05) is 44.9 Å². The molecule has 4 nitrogen and oxygen atoms in total. The van der Waals surface area contributed by atoms with E-state index in [2.05, 4.69) is 66.2 Å². The summed E-state index contributed by atoms with van der Waals surface area (Å²) in [5.41, 5.74) is 5.39. The summed E-state index contributed by atoms with van der Waals surface area (Å²) in [6, 6.07) is 15.9. The summed E-state index contributed by atoms with van der Waals surface area (Å²) in [7, 11) is 5.74. The van der Waals surface area contributed by atoms with E-state index in [-0.39, 0.29) is 24.8 Å². The molecule has 2 aromatic rings. The van der Waals surface area contributed by atoms with E-state index >= 15 is 0 Å². The maximum absolute atomic E-state index is 5.47. The molecule has 30 heavy (non-hydrogen) atoms. The highest BCUT2D eigenvalue weighted by atomic mass is 35.5. The first kappa shape index (κ1) is 25.0. The second kappa shape index (κ2) is 10.8. The fourth-order valence-corrected chi connectivity index (χ4v) is 5.32. The van der Waals surface area contributed by atoms with Crippen molar-refractivity contribution in [2.45, 2.75) is 26.1 Å². The van der Waals surface area contributed by atoms with Gasteiger partial charge in [-0.15, -0.1) is 24.8 Å². The first-order chi connectivity index (χ1) is 13.6. The van der Waals surface area contributed by atoms with Gasteiger partial charge in [0.2, 0.25) is 0 Å². The first-order valence-corrected chi connectivity index (χ1v) is 10.2. The molecular formula is C24H34Cl2N2O2. The fourth-order valence-electron chi connectivity index (χ4n) is 5.32. The Morgan fingerprint density at radius 3 is 2.47 bits per heavy atom. The molecular weight excluding hydrogens is 419 g/mol. The van der Waals surface area contributed by atoms with Crippen molar-refractivity contribution in [1.82, 2.24) is 9.80 Å². The highest BCUT2D eigenvalue weighted by molar-refractivity contribution is 5.85. The third-order valence-electron chi connectivity index (χ3n) is 6.53. The third kappa shape index (κ3) is 4.95. The summed E-state index contributed by atoms with van der Waals surface area (Å²) in [6.45, 7) is 7.37. The van der Waals surface area contributed by atoms with Crippen LogP contribution in [-0.4, -0.2) is 50.7 Å². The quantitative estimate of drug-likeness (QED) is 0.632. The van der Waals surface area contributed by atoms with Gasteiger partial charge in [-0.1, -0.05) is 30.3 Å². The van der Waals surface area contributed by atoms with Gasteiger partial charge < -0.3 is 9.47 Å². The fraction of sp³-hybridized carbons (Fsp3) is 0.500. The number of ether oxygens (including phenoxy) is 2. The molecule has 0 radical (unpaired) electrons. The van der Waals surface area contributed by atoms with Gasteiger partial charge in [0.1, 0.15) is 5.75 Å². The standard InChI is InChI=1S/C24H32N2O2.2ClH/c1-17-7-5-6-8-21(17)24-22-15-26(14-20(22)13-25(24)2)12-18-9-10-23(28-4)19(11-18)16-27-3;;/h5-11,20,22,24H,12-16H2,1-4H3;2*1H/t20-,22+,24+;;/m0../s1. The van der Waals surface area contributed by atoms with Crippen LogP contribution in [0, 0.1) is 18.8 Å². The largest absolute Gasteiger partial charge is 0.496 e. The number of likely N-dealkylation sites (tertiary alicyclic amines) is 2. The average Bonchev–Trinajstić information content (AvgIpc) is 3.19. The van der Waals surface area contributed by atoms with Gasteiger partial charge in [-0.25, -0.2) is 0 Å². The normalized spacial score (nSPS) is 23.5. The van der Waals surface area contributed by atoms with Crippen molar-refractivity contribution in [3.8, 4) is 5.75 Å². The summed E-state index contributed by atoms with van der Waals surface area (Å²) in [6.07, 6.45) is 0. The van der Waals surface area contributed by atoms with Crippen LogP contribution in [0.15, 0.2) is 42.5 Å². The van der Waals surface area contributed by atoms with Crippen LogP contribution in [-0.2, 0) is 17.9 Å². The number of hydrogen-bond donors (Lipinski definition) is 0. The number of hydrogen-bond acceptors (Lipinski definition) is 4. The number of benzene rings is 2. The number of nitrogens with zero attached hydrogens (tertiary/aromatic N) is 2. The summed E-state index contributed by atoms with van der Waals surface area (Å²) < 4.78 is 10.8. The molecule has 4 rings (SSSR count). The third-order valence-corrected chi connectivity index (χ3v) is 6.53. The molecule has 0 N–H and O–H groups in total. The second-order valence-corrected chi connectivity index (χ2v) is 8.44. The van der Waals surface area contributed by atoms with Crippen molar-refractivity contribution in [2.24, 2.45) is 11.8 Å². The molecule has 2 aromatic carbocycles. The van der Waals surface area contributed by atoms with Crippen molar-refractivity contribution in [3.63, 3.8) is 0 Å². The lowest BCUT2D eigenvalue weighted by Crippen LogP contribution is -2.29. The minimum absolute atomic E-state index is 0. The van der Waals surface area contributed by atoms with E-state index in [4.69, 9.17) is 9.47 Å². The highest BCUT2D eigenvalue weighted by Gasteiger charge is 2.46. The SMILES string of the molecule is COCc1cc(CN2C[C@@H]3CN(C)[C@H](c4ccccc4C)[C@@H]3C2)ccc1OC.Cl.Cl. The van der Waals surface area contributed by atoms with Crippen LogP contribution in [0.2, 0.25) is 0 Å². The van der Waals surface area contributed by atoms with E-state index in [1.54, 1.807) is 14.2 Å². The second-order valence-electron chi connectivity index (χ2n) is 8.44. The zero-order valence-electron chi connectivity index (χ0n) is 18.3. The van der Waals surface area contributed by atoms with Gasteiger partial charge in [0.15, 0.2) is 0 Å². The molecule has 0 unspecified atom stereocenters. The van der Waals surface area contributed by atoms with E-state index in [1.807, 2.05) is 0 Å². The highest BCUT2D eigenvalue weighted by Crippen LogP contribution is 2.45. The number of aryl methyl sites for hydroxylation is 1. The summed E-state index contributed by atoms with van der Waals surface area (Å²) >= 11 is 0. The number of fused-ring (bicyclic) bond motifs is 1. The molecule has 3 atom stereocenters. The molecule has 2 aliphatic rings. The molecule has 0 amide bonds. The van der Waals surface area contributed by atoms with Crippen LogP contribution in [0.3, 0.4) is 0 Å². The Bertz CT molecular complexity index is 833. The molecule has 0 aliphatic carbocycles. The monoisotopic (exact) mass is 452 g/mol. The Morgan fingerprint density at radius 1 is 1.00 bits per heavy atom. The van der Waals surface area contributed by atoms with Gasteiger partial charge >= 0.3 is 0 Å². The van der Waals surface area contributed by atoms with Gasteiger partial charge in [0.05, 0.1) is 13.7 Å². The van der Waals surface area contributed by atoms with E-state index in [1.165, 1.54) is 36.3 Å². The average molecular weight is 453 g/mol. The Kier molecular flexibility index (Phi) is 9.01. The van der Waals surface area contributed by atoms with E-state index in [0.29, 0.717) is 18.6 Å². The molecule has 2 aliphatic heterocycles. The summed E-state index contributed by atoms with van der Waals surface area (Å²) in [4.78, 5) is 5.20. The number of halogens is 2. The predicted octanol–water partition coefficient (Wildman–Crippen LogP) is 4.73. The molecule has 2 saturated heterocycles. The Balaban J connectivity index is 0.00000160. The number of methoxy groups -OCH3 is 2. The van der Waals surface area contributed by atoms with E-state index < -0.39 is 0 Å². The molecule has 2 fully saturated rings. The zero-order chi connectivity index (χ0) is 19.7. The molecule has 166 valence electrons. The lowest BCUT2D eigenvalue weighted by molar-refractivity contribution is 0.181. The van der Waals surface area contributed by atoms with Crippen LogP contribution in [0.25, 0.3) is 0 Å². The first-order valence-electron chi connectivity index (χ1n) is 10.2. The lowest BCUT2D eigenvalue weighted by Gasteiger charge is -2.28. The van der Waals surface area contributed by atoms with Crippen molar-refractivity contribution in [1.29, 1.82) is 0 Å². The summed E-state index contributed by atoms with van der Waals surface area (Å²) in [5.74, 6) is 2.37. The lowest BCUT2D eigenvalue weighted by atomic mass is 9.88. The van der Waals surface area contributed by atoms with Crippen molar-refractivity contribution >= 4 is 24.8 Å². The van der Waals surface area contributed by atoms with Gasteiger partial charge in [-0.3, -0.25) is 9.80 Å². The van der Waals surface area contributed by atoms with Gasteiger partial charge in [-0.05, 0) is 54.6 Å². The van der Waals surface area contributed by atoms with Crippen LogP contribution in [0.5, 0.6) is 5.75 Å². The Morgan fingerprint density at radius 2 is 1.77 bits per heavy atom. The Hall–Kier alpha value is -1.30. The van der Waals surface area contributed by atoms with Gasteiger partial charge in [0.25, 0.3) is 0 Å². The van der Waals surface area contributed by atoms with E-state index in [9.17, 15) is 0 Å². The van der Waals surface area contributed by atoms with Crippen molar-refractivity contribution < 1.29 is 9.47 Å². The van der Waals surface area contributed by atoms with Crippen molar-refractivity contribution in [2.75, 3.05) is 40.9 Å². The van der Waals surface area contributed by atoms with Crippen LogP contribution < -0.4 is 4.74 Å². The molecule has 0 spiro atoms. The molecule has 0 saturated carbocycles. The molecule has 0 bridgehead atoms. The van der Waals surface area contributed by atoms with Crippen LogP contribution in [0.1, 0.15) is 28.3 Å². The maximum Gasteiger partial charge on any atom is 0.124 e. The maximum atomic E-state index is 5.47. The number of rotatable bonds is 6. The topological polar surface area (TPSA) is 24.9 Å². The molecule has 6 heteroatoms. The predicted molar refractivity (Wildman–Crippen MR) is 127 cm³/mol. The smallest absolute Gasteiger partial charge is 0.124 e. The minimum atomic E-state index is 0. The zero-order valence-corrected chi connectivity index (χ0v) is 20.0. The van der Waals surface area contributed by atoms with Gasteiger partial charge in [-0.2, -0.15) is 0 Å². The van der Waals surface area contributed by atoms with E-state index in [0.717, 1.165) is 23.8 Å². The van der Waals surface area contributed by atoms with Crippen LogP contribution >= 0.6 is 24.8 Å². The molecule has 2 heterocycles.